The van der Waals surface area contributed by atoms with Crippen molar-refractivity contribution in [1.29, 1.82) is 0 Å². The van der Waals surface area contributed by atoms with E-state index in [9.17, 15) is 9.59 Å². The summed E-state index contributed by atoms with van der Waals surface area (Å²) >= 11 is 0. The van der Waals surface area contributed by atoms with Gasteiger partial charge in [-0.3, -0.25) is 9.59 Å². The van der Waals surface area contributed by atoms with Gasteiger partial charge in [0.2, 0.25) is 0 Å². The summed E-state index contributed by atoms with van der Waals surface area (Å²) in [5, 5.41) is 0. The molecule has 180 valence electrons. The predicted molar refractivity (Wildman–Crippen MR) is 129 cm³/mol. The lowest BCUT2D eigenvalue weighted by molar-refractivity contribution is -0.160. The predicted octanol–water partition coefficient (Wildman–Crippen LogP) is 7.57. The zero-order valence-electron chi connectivity index (χ0n) is 20.9. The van der Waals surface area contributed by atoms with E-state index >= 15 is 0 Å². The number of carbonyl (C=O) groups is 2. The van der Waals surface area contributed by atoms with Crippen molar-refractivity contribution in [2.75, 3.05) is 0 Å². The van der Waals surface area contributed by atoms with Gasteiger partial charge in [0.15, 0.2) is 5.78 Å². The van der Waals surface area contributed by atoms with Crippen molar-refractivity contribution >= 4 is 11.8 Å². The number of allylic oxidation sites excluding steroid dienone is 1. The number of ketones is 1. The number of fused-ring (bicyclic) bond motifs is 5. The van der Waals surface area contributed by atoms with E-state index in [2.05, 4.69) is 20.8 Å². The Labute approximate surface area is 196 Å². The molecule has 0 bridgehead atoms. The third kappa shape index (κ3) is 4.60. The van der Waals surface area contributed by atoms with Crippen LogP contribution in [0.25, 0.3) is 0 Å². The molecule has 3 saturated carbocycles. The van der Waals surface area contributed by atoms with Gasteiger partial charge in [0.1, 0.15) is 6.10 Å². The van der Waals surface area contributed by atoms with Gasteiger partial charge < -0.3 is 4.74 Å². The Morgan fingerprint density at radius 1 is 0.938 bits per heavy atom. The number of unbranched alkanes of at least 4 members (excludes halogenated alkanes) is 6. The molecule has 3 fully saturated rings. The van der Waals surface area contributed by atoms with E-state index in [1.54, 1.807) is 0 Å². The van der Waals surface area contributed by atoms with Crippen molar-refractivity contribution < 1.29 is 14.3 Å². The standard InChI is InChI=1S/C29H46O3/c1-4-5-6-7-8-9-10-11-27(31)32-26-15-14-24-23-13-12-21-20-22(30)16-18-28(21,2)25(23)17-19-29(24,26)3/h20,23-26H,4-19H2,1-3H3/t23?,24-,25-,26-,28?,29?/m0/s1. The van der Waals surface area contributed by atoms with Crippen LogP contribution in [-0.2, 0) is 14.3 Å². The normalized spacial score (nSPS) is 38.5. The van der Waals surface area contributed by atoms with Crippen LogP contribution in [0, 0.1) is 28.6 Å². The van der Waals surface area contributed by atoms with Crippen molar-refractivity contribution in [3.63, 3.8) is 0 Å². The molecule has 0 aromatic rings. The Morgan fingerprint density at radius 2 is 1.69 bits per heavy atom. The van der Waals surface area contributed by atoms with Crippen LogP contribution < -0.4 is 0 Å². The average molecular weight is 443 g/mol. The van der Waals surface area contributed by atoms with Gasteiger partial charge >= 0.3 is 5.97 Å². The maximum absolute atomic E-state index is 12.6. The first-order valence-corrected chi connectivity index (χ1v) is 13.8. The molecule has 0 aromatic heterocycles. The van der Waals surface area contributed by atoms with Crippen LogP contribution in [0.5, 0.6) is 0 Å². The molecule has 3 heteroatoms. The summed E-state index contributed by atoms with van der Waals surface area (Å²) in [6.07, 6.45) is 20.1. The SMILES string of the molecule is CCCCCCCCCC(=O)O[C@H]1CC[C@H]2C3CCC4=CC(=O)CCC4(C)[C@H]3CCC12C. The highest BCUT2D eigenvalue weighted by Crippen LogP contribution is 2.65. The van der Waals surface area contributed by atoms with E-state index < -0.39 is 0 Å². The van der Waals surface area contributed by atoms with E-state index in [0.717, 1.165) is 44.4 Å². The fourth-order valence-corrected chi connectivity index (χ4v) is 8.15. The van der Waals surface area contributed by atoms with Crippen molar-refractivity contribution in [2.45, 2.75) is 130 Å². The van der Waals surface area contributed by atoms with E-state index in [1.807, 2.05) is 6.08 Å². The highest BCUT2D eigenvalue weighted by molar-refractivity contribution is 5.91. The fourth-order valence-electron chi connectivity index (χ4n) is 8.15. The molecule has 4 aliphatic carbocycles. The minimum absolute atomic E-state index is 0.0409. The summed E-state index contributed by atoms with van der Waals surface area (Å²) in [6, 6.07) is 0. The van der Waals surface area contributed by atoms with Gasteiger partial charge in [0.25, 0.3) is 0 Å². The number of hydrogen-bond acceptors (Lipinski definition) is 3. The molecule has 0 spiro atoms. The molecule has 0 radical (unpaired) electrons. The van der Waals surface area contributed by atoms with Crippen molar-refractivity contribution in [2.24, 2.45) is 28.6 Å². The van der Waals surface area contributed by atoms with Crippen molar-refractivity contribution in [3.8, 4) is 0 Å². The number of hydrogen-bond donors (Lipinski definition) is 0. The summed E-state index contributed by atoms with van der Waals surface area (Å²) in [5.41, 5.74) is 1.82. The second kappa shape index (κ2) is 10.0. The van der Waals surface area contributed by atoms with Crippen LogP contribution in [-0.4, -0.2) is 17.9 Å². The van der Waals surface area contributed by atoms with Gasteiger partial charge in [-0.25, -0.2) is 0 Å². The first-order chi connectivity index (χ1) is 15.4. The molecule has 0 aliphatic heterocycles. The molecule has 32 heavy (non-hydrogen) atoms. The highest BCUT2D eigenvalue weighted by atomic mass is 16.5. The van der Waals surface area contributed by atoms with Crippen LogP contribution in [0.1, 0.15) is 124 Å². The van der Waals surface area contributed by atoms with Gasteiger partial charge in [-0.15, -0.1) is 0 Å². The minimum Gasteiger partial charge on any atom is -0.462 e. The number of esters is 1. The Morgan fingerprint density at radius 3 is 2.47 bits per heavy atom. The fraction of sp³-hybridized carbons (Fsp3) is 0.862. The quantitative estimate of drug-likeness (QED) is 0.273. The number of ether oxygens (including phenoxy) is 1. The minimum atomic E-state index is 0.0409. The molecule has 0 N–H and O–H groups in total. The van der Waals surface area contributed by atoms with Crippen molar-refractivity contribution in [1.82, 2.24) is 0 Å². The third-order valence-electron chi connectivity index (χ3n) is 10.1. The zero-order chi connectivity index (χ0) is 22.8. The first-order valence-electron chi connectivity index (χ1n) is 13.8. The van der Waals surface area contributed by atoms with Crippen molar-refractivity contribution in [3.05, 3.63) is 11.6 Å². The Balaban J connectivity index is 1.31. The Hall–Kier alpha value is -1.12. The third-order valence-corrected chi connectivity index (χ3v) is 10.1. The lowest BCUT2D eigenvalue weighted by Crippen LogP contribution is -2.51. The monoisotopic (exact) mass is 442 g/mol. The molecule has 0 aromatic carbocycles. The lowest BCUT2D eigenvalue weighted by Gasteiger charge is -2.57. The zero-order valence-corrected chi connectivity index (χ0v) is 20.9. The molecule has 3 nitrogen and oxygen atoms in total. The van der Waals surface area contributed by atoms with E-state index in [-0.39, 0.29) is 22.9 Å². The first kappa shape index (κ1) is 24.0. The van der Waals surface area contributed by atoms with Gasteiger partial charge in [0, 0.05) is 18.3 Å². The summed E-state index contributed by atoms with van der Waals surface area (Å²) in [6.45, 7) is 7.11. The number of carbonyl (C=O) groups excluding carboxylic acids is 2. The second-order valence-electron chi connectivity index (χ2n) is 11.9. The van der Waals surface area contributed by atoms with Gasteiger partial charge in [-0.05, 0) is 80.6 Å². The lowest BCUT2D eigenvalue weighted by atomic mass is 9.47. The molecule has 0 saturated heterocycles. The Bertz CT molecular complexity index is 724. The van der Waals surface area contributed by atoms with Gasteiger partial charge in [-0.2, -0.15) is 0 Å². The topological polar surface area (TPSA) is 43.4 Å². The summed E-state index contributed by atoms with van der Waals surface area (Å²) in [5.74, 6) is 2.49. The molecule has 4 aliphatic rings. The summed E-state index contributed by atoms with van der Waals surface area (Å²) < 4.78 is 6.16. The smallest absolute Gasteiger partial charge is 0.306 e. The molecular formula is C29H46O3. The van der Waals surface area contributed by atoms with E-state index in [1.165, 1.54) is 63.4 Å². The molecule has 0 amide bonds. The second-order valence-corrected chi connectivity index (χ2v) is 11.9. The highest BCUT2D eigenvalue weighted by Gasteiger charge is 2.59. The summed E-state index contributed by atoms with van der Waals surface area (Å²) in [4.78, 5) is 24.7. The molecule has 4 rings (SSSR count). The van der Waals surface area contributed by atoms with Gasteiger partial charge in [0.05, 0.1) is 0 Å². The van der Waals surface area contributed by atoms with Crippen LogP contribution in [0.4, 0.5) is 0 Å². The Kier molecular flexibility index (Phi) is 7.52. The molecule has 3 unspecified atom stereocenters. The largest absolute Gasteiger partial charge is 0.462 e. The number of rotatable bonds is 9. The van der Waals surface area contributed by atoms with Crippen LogP contribution in [0.2, 0.25) is 0 Å². The average Bonchev–Trinajstić information content (AvgIpc) is 3.10. The maximum Gasteiger partial charge on any atom is 0.306 e. The van der Waals surface area contributed by atoms with E-state index in [0.29, 0.717) is 24.0 Å². The molecular weight excluding hydrogens is 396 g/mol. The molecule has 0 heterocycles. The van der Waals surface area contributed by atoms with Crippen LogP contribution in [0.15, 0.2) is 11.6 Å². The van der Waals surface area contributed by atoms with E-state index in [4.69, 9.17) is 4.74 Å². The van der Waals surface area contributed by atoms with Crippen LogP contribution >= 0.6 is 0 Å². The molecule has 6 atom stereocenters. The van der Waals surface area contributed by atoms with Crippen LogP contribution in [0.3, 0.4) is 0 Å². The summed E-state index contributed by atoms with van der Waals surface area (Å²) in [7, 11) is 0. The maximum atomic E-state index is 12.6. The van der Waals surface area contributed by atoms with Gasteiger partial charge in [-0.1, -0.05) is 64.9 Å².